The van der Waals surface area contributed by atoms with E-state index in [1.165, 1.54) is 0 Å². The van der Waals surface area contributed by atoms with Crippen molar-refractivity contribution in [3.05, 3.63) is 11.9 Å². The van der Waals surface area contributed by atoms with E-state index in [1.54, 1.807) is 7.11 Å². The van der Waals surface area contributed by atoms with Gasteiger partial charge in [-0.25, -0.2) is 4.99 Å². The molecule has 3 aliphatic rings. The molecule has 9 nitrogen and oxygen atoms in total. The van der Waals surface area contributed by atoms with Crippen molar-refractivity contribution in [2.24, 2.45) is 26.0 Å². The number of allylic oxidation sites excluding steroid dienone is 1. The minimum atomic E-state index is -0.0580. The first-order valence-corrected chi connectivity index (χ1v) is 10.0. The summed E-state index contributed by atoms with van der Waals surface area (Å²) in [6.45, 7) is 6.16. The average Bonchev–Trinajstić information content (AvgIpc) is 3.06. The normalized spacial score (nSPS) is 27.9. The number of rotatable bonds is 8. The molecule has 154 valence electrons. The van der Waals surface area contributed by atoms with Gasteiger partial charge in [0.15, 0.2) is 0 Å². The molecule has 0 radical (unpaired) electrons. The Morgan fingerprint density at radius 3 is 3.00 bits per heavy atom. The molecular formula is C19H31N7O2. The number of ether oxygens (including phenoxy) is 1. The fraction of sp³-hybridized carbons (Fsp3) is 0.684. The molecule has 0 aliphatic carbocycles. The second-order valence-corrected chi connectivity index (χ2v) is 7.15. The average molecular weight is 390 g/mol. The highest BCUT2D eigenvalue weighted by atomic mass is 16.5. The zero-order valence-corrected chi connectivity index (χ0v) is 16.9. The van der Waals surface area contributed by atoms with E-state index in [9.17, 15) is 0 Å². The molecule has 3 N–H and O–H groups in total. The largest absolute Gasteiger partial charge is 0.396 e. The van der Waals surface area contributed by atoms with Gasteiger partial charge in [0.2, 0.25) is 5.96 Å². The molecule has 9 heteroatoms. The van der Waals surface area contributed by atoms with E-state index in [0.29, 0.717) is 38.0 Å². The zero-order chi connectivity index (χ0) is 19.9. The SMILES string of the molecule is CCC1=NN(CCOC)C2C(NC3=CCC(C)C=N3)=NC(=NCCCO)NC12. The fourth-order valence-electron chi connectivity index (χ4n) is 3.39. The van der Waals surface area contributed by atoms with Crippen molar-refractivity contribution in [1.82, 2.24) is 15.6 Å². The summed E-state index contributed by atoms with van der Waals surface area (Å²) in [4.78, 5) is 13.8. The van der Waals surface area contributed by atoms with Gasteiger partial charge in [-0.1, -0.05) is 13.8 Å². The molecule has 0 bridgehead atoms. The monoisotopic (exact) mass is 389 g/mol. The Bertz CT molecular complexity index is 698. The predicted octanol–water partition coefficient (Wildman–Crippen LogP) is 0.733. The van der Waals surface area contributed by atoms with Crippen molar-refractivity contribution in [3.8, 4) is 0 Å². The smallest absolute Gasteiger partial charge is 0.220 e. The molecule has 3 rings (SSSR count). The van der Waals surface area contributed by atoms with Crippen molar-refractivity contribution >= 4 is 23.7 Å². The van der Waals surface area contributed by atoms with Crippen LogP contribution in [0, 0.1) is 5.92 Å². The lowest BCUT2D eigenvalue weighted by molar-refractivity contribution is 0.143. The molecule has 0 fully saturated rings. The maximum atomic E-state index is 9.03. The van der Waals surface area contributed by atoms with Crippen LogP contribution in [0.3, 0.4) is 0 Å². The van der Waals surface area contributed by atoms with Gasteiger partial charge >= 0.3 is 0 Å². The molecule has 0 saturated heterocycles. The van der Waals surface area contributed by atoms with Crippen LogP contribution in [-0.4, -0.2) is 79.3 Å². The van der Waals surface area contributed by atoms with Crippen molar-refractivity contribution in [1.29, 1.82) is 0 Å². The Morgan fingerprint density at radius 1 is 1.46 bits per heavy atom. The molecule has 0 aromatic rings. The Labute approximate surface area is 166 Å². The minimum absolute atomic E-state index is 0.00169. The summed E-state index contributed by atoms with van der Waals surface area (Å²) in [7, 11) is 1.69. The highest BCUT2D eigenvalue weighted by Crippen LogP contribution is 2.23. The molecule has 3 unspecified atom stereocenters. The second-order valence-electron chi connectivity index (χ2n) is 7.15. The van der Waals surface area contributed by atoms with Crippen LogP contribution in [0.2, 0.25) is 0 Å². The summed E-state index contributed by atoms with van der Waals surface area (Å²) in [6.07, 6.45) is 6.46. The van der Waals surface area contributed by atoms with Gasteiger partial charge < -0.3 is 20.5 Å². The summed E-state index contributed by atoms with van der Waals surface area (Å²) in [5.41, 5.74) is 1.07. The van der Waals surface area contributed by atoms with Gasteiger partial charge in [-0.15, -0.1) is 0 Å². The molecule has 0 amide bonds. The van der Waals surface area contributed by atoms with E-state index >= 15 is 0 Å². The Balaban J connectivity index is 1.86. The molecule has 0 spiro atoms. The minimum Gasteiger partial charge on any atom is -0.396 e. The number of fused-ring (bicyclic) bond motifs is 1. The lowest BCUT2D eigenvalue weighted by Gasteiger charge is -2.33. The highest BCUT2D eigenvalue weighted by Gasteiger charge is 2.43. The third-order valence-corrected chi connectivity index (χ3v) is 4.92. The lowest BCUT2D eigenvalue weighted by Crippen LogP contribution is -2.60. The maximum absolute atomic E-state index is 9.03. The molecular weight excluding hydrogens is 358 g/mol. The van der Waals surface area contributed by atoms with Crippen LogP contribution in [0.4, 0.5) is 0 Å². The first-order chi connectivity index (χ1) is 13.7. The van der Waals surface area contributed by atoms with Gasteiger partial charge in [-0.3, -0.25) is 10.0 Å². The number of hydrogen-bond acceptors (Lipinski definition) is 7. The van der Waals surface area contributed by atoms with E-state index in [0.717, 1.165) is 30.2 Å². The number of aliphatic hydroxyl groups excluding tert-OH is 1. The van der Waals surface area contributed by atoms with Crippen LogP contribution in [-0.2, 0) is 4.74 Å². The van der Waals surface area contributed by atoms with Crippen LogP contribution < -0.4 is 10.6 Å². The standard InChI is InChI=1S/C19H31N7O2/c1-4-14-16-17(26(25-14)9-11-28-3)18(22-15-7-6-13(2)12-21-15)24-19(23-16)20-8-5-10-27/h7,12-13,16-17,27H,4-6,8-11H2,1-3H3,(H2,20,22,23,24). The van der Waals surface area contributed by atoms with Gasteiger partial charge in [-0.2, -0.15) is 10.1 Å². The van der Waals surface area contributed by atoms with Crippen molar-refractivity contribution < 1.29 is 9.84 Å². The number of aliphatic imine (C=N–C) groups is 3. The van der Waals surface area contributed by atoms with Gasteiger partial charge in [-0.05, 0) is 31.3 Å². The summed E-state index contributed by atoms with van der Waals surface area (Å²) in [6, 6.07) is -0.0563. The van der Waals surface area contributed by atoms with E-state index in [2.05, 4.69) is 40.5 Å². The van der Waals surface area contributed by atoms with Crippen LogP contribution >= 0.6 is 0 Å². The molecule has 0 saturated carbocycles. The number of guanidine groups is 1. The summed E-state index contributed by atoms with van der Waals surface area (Å²) >= 11 is 0. The van der Waals surface area contributed by atoms with Gasteiger partial charge in [0, 0.05) is 26.5 Å². The molecule has 0 aromatic heterocycles. The van der Waals surface area contributed by atoms with E-state index in [1.807, 2.05) is 11.2 Å². The Kier molecular flexibility index (Phi) is 7.16. The first-order valence-electron chi connectivity index (χ1n) is 10.0. The van der Waals surface area contributed by atoms with Crippen molar-refractivity contribution in [2.45, 2.75) is 45.2 Å². The van der Waals surface area contributed by atoms with Gasteiger partial charge in [0.1, 0.15) is 17.7 Å². The van der Waals surface area contributed by atoms with Crippen LogP contribution in [0.1, 0.15) is 33.1 Å². The van der Waals surface area contributed by atoms with E-state index in [-0.39, 0.29) is 18.7 Å². The third-order valence-electron chi connectivity index (χ3n) is 4.92. The molecule has 0 aromatic carbocycles. The number of nitrogens with one attached hydrogen (secondary N) is 2. The Morgan fingerprint density at radius 2 is 2.32 bits per heavy atom. The molecule has 28 heavy (non-hydrogen) atoms. The number of aliphatic hydroxyl groups is 1. The van der Waals surface area contributed by atoms with Crippen LogP contribution in [0.5, 0.6) is 0 Å². The number of methoxy groups -OCH3 is 1. The quantitative estimate of drug-likeness (QED) is 0.531. The van der Waals surface area contributed by atoms with Crippen molar-refractivity contribution in [3.63, 3.8) is 0 Å². The molecule has 3 heterocycles. The third kappa shape index (κ3) is 4.77. The number of nitrogens with zero attached hydrogens (tertiary/aromatic N) is 5. The molecule has 3 atom stereocenters. The predicted molar refractivity (Wildman–Crippen MR) is 112 cm³/mol. The maximum Gasteiger partial charge on any atom is 0.220 e. The lowest BCUT2D eigenvalue weighted by atomic mass is 9.99. The van der Waals surface area contributed by atoms with Gasteiger partial charge in [0.05, 0.1) is 24.9 Å². The topological polar surface area (TPSA) is 106 Å². The summed E-state index contributed by atoms with van der Waals surface area (Å²) in [5.74, 6) is 2.61. The number of hydrazone groups is 1. The first kappa shape index (κ1) is 20.5. The molecule has 3 aliphatic heterocycles. The van der Waals surface area contributed by atoms with E-state index < -0.39 is 0 Å². The number of amidine groups is 1. The summed E-state index contributed by atoms with van der Waals surface area (Å²) < 4.78 is 5.26. The van der Waals surface area contributed by atoms with E-state index in [4.69, 9.17) is 19.9 Å². The second kappa shape index (κ2) is 9.79. The number of hydrogen-bond donors (Lipinski definition) is 3. The fourth-order valence-corrected chi connectivity index (χ4v) is 3.39. The zero-order valence-electron chi connectivity index (χ0n) is 16.9. The van der Waals surface area contributed by atoms with Gasteiger partial charge in [0.25, 0.3) is 0 Å². The van der Waals surface area contributed by atoms with Crippen LogP contribution in [0.25, 0.3) is 0 Å². The Hall–Kier alpha value is -2.26. The highest BCUT2D eigenvalue weighted by molar-refractivity contribution is 6.10. The van der Waals surface area contributed by atoms with Crippen LogP contribution in [0.15, 0.2) is 32.0 Å². The van der Waals surface area contributed by atoms with Crippen molar-refractivity contribution in [2.75, 3.05) is 33.4 Å². The summed E-state index contributed by atoms with van der Waals surface area (Å²) in [5, 5.41) is 22.7.